The van der Waals surface area contributed by atoms with Crippen molar-refractivity contribution in [3.63, 3.8) is 0 Å². The van der Waals surface area contributed by atoms with E-state index >= 15 is 0 Å². The first-order valence-corrected chi connectivity index (χ1v) is 13.2. The Morgan fingerprint density at radius 1 is 0.875 bits per heavy atom. The van der Waals surface area contributed by atoms with Crippen LogP contribution in [0.5, 0.6) is 5.75 Å². The number of benzene rings is 4. The lowest BCUT2D eigenvalue weighted by molar-refractivity contribution is -0.113. The van der Waals surface area contributed by atoms with Crippen molar-refractivity contribution in [2.75, 3.05) is 23.5 Å². The summed E-state index contributed by atoms with van der Waals surface area (Å²) in [7, 11) is 1.57. The van der Waals surface area contributed by atoms with Gasteiger partial charge in [0.25, 0.3) is 11.5 Å². The predicted molar refractivity (Wildman–Crippen MR) is 154 cm³/mol. The van der Waals surface area contributed by atoms with E-state index in [1.54, 1.807) is 86.0 Å². The summed E-state index contributed by atoms with van der Waals surface area (Å²) in [5, 5.41) is 6.10. The summed E-state index contributed by atoms with van der Waals surface area (Å²) in [6.45, 7) is 0. The van der Waals surface area contributed by atoms with Gasteiger partial charge in [0.05, 0.1) is 29.5 Å². The van der Waals surface area contributed by atoms with Crippen LogP contribution in [0, 0.1) is 5.82 Å². The molecule has 0 aliphatic carbocycles. The first kappa shape index (κ1) is 26.6. The molecule has 0 aliphatic heterocycles. The lowest BCUT2D eigenvalue weighted by Gasteiger charge is -2.14. The molecule has 200 valence electrons. The highest BCUT2D eigenvalue weighted by atomic mass is 32.2. The Morgan fingerprint density at radius 3 is 2.25 bits per heavy atom. The summed E-state index contributed by atoms with van der Waals surface area (Å²) in [5.41, 5.74) is 1.60. The first-order valence-electron chi connectivity index (χ1n) is 12.2. The van der Waals surface area contributed by atoms with Crippen molar-refractivity contribution in [3.8, 4) is 11.4 Å². The number of carbonyl (C=O) groups excluding carboxylic acids is 2. The van der Waals surface area contributed by atoms with E-state index in [0.717, 1.165) is 11.8 Å². The molecular weight excluding hydrogens is 531 g/mol. The number of para-hydroxylation sites is 2. The van der Waals surface area contributed by atoms with E-state index in [-0.39, 0.29) is 28.4 Å². The number of rotatable bonds is 8. The monoisotopic (exact) mass is 554 g/mol. The highest BCUT2D eigenvalue weighted by Crippen LogP contribution is 2.23. The number of thioether (sulfide) groups is 1. The normalized spacial score (nSPS) is 10.8. The van der Waals surface area contributed by atoms with Crippen molar-refractivity contribution in [1.82, 2.24) is 9.55 Å². The van der Waals surface area contributed by atoms with Crippen molar-refractivity contribution in [2.45, 2.75) is 5.16 Å². The Bertz CT molecular complexity index is 1760. The number of methoxy groups -OCH3 is 1. The molecule has 0 spiro atoms. The molecule has 0 saturated heterocycles. The molecule has 8 nitrogen and oxygen atoms in total. The van der Waals surface area contributed by atoms with Crippen LogP contribution >= 0.6 is 11.8 Å². The van der Waals surface area contributed by atoms with Crippen molar-refractivity contribution in [2.24, 2.45) is 0 Å². The fourth-order valence-corrected chi connectivity index (χ4v) is 4.77. The number of halogens is 1. The third kappa shape index (κ3) is 5.87. The number of nitrogens with one attached hydrogen (secondary N) is 2. The highest BCUT2D eigenvalue weighted by Gasteiger charge is 2.17. The van der Waals surface area contributed by atoms with Crippen molar-refractivity contribution >= 4 is 45.9 Å². The van der Waals surface area contributed by atoms with Crippen LogP contribution < -0.4 is 20.9 Å². The van der Waals surface area contributed by atoms with Gasteiger partial charge in [-0.25, -0.2) is 9.37 Å². The highest BCUT2D eigenvalue weighted by molar-refractivity contribution is 7.99. The zero-order valence-electron chi connectivity index (χ0n) is 21.3. The van der Waals surface area contributed by atoms with Crippen molar-refractivity contribution in [3.05, 3.63) is 119 Å². The van der Waals surface area contributed by atoms with Crippen molar-refractivity contribution < 1.29 is 18.7 Å². The smallest absolute Gasteiger partial charge is 0.266 e. The Labute approximate surface area is 232 Å². The van der Waals surface area contributed by atoms with Gasteiger partial charge in [0.2, 0.25) is 5.91 Å². The third-order valence-electron chi connectivity index (χ3n) is 5.95. The molecule has 4 aromatic carbocycles. The average molecular weight is 555 g/mol. The second kappa shape index (κ2) is 11.8. The van der Waals surface area contributed by atoms with Crippen LogP contribution in [0.3, 0.4) is 0 Å². The van der Waals surface area contributed by atoms with Crippen molar-refractivity contribution in [1.29, 1.82) is 0 Å². The fourth-order valence-electron chi connectivity index (χ4n) is 3.96. The minimum absolute atomic E-state index is 0.0529. The molecule has 2 amide bonds. The van der Waals surface area contributed by atoms with E-state index in [1.807, 2.05) is 0 Å². The Balaban J connectivity index is 1.28. The molecule has 1 aromatic heterocycles. The summed E-state index contributed by atoms with van der Waals surface area (Å²) in [4.78, 5) is 43.1. The molecule has 5 rings (SSSR count). The standard InChI is InChI=1S/C30H23FN4O4S/c1-39-22-16-14-21(15-17-22)33-28(37)19-10-12-20(13-11-19)32-27(36)18-40-30-34-25-8-4-2-6-23(25)29(38)35(30)26-9-5-3-7-24(26)31/h2-17H,18H2,1H3,(H,32,36)(H,33,37). The van der Waals surface area contributed by atoms with Gasteiger partial charge in [0.1, 0.15) is 11.6 Å². The van der Waals surface area contributed by atoms with Crippen LogP contribution in [0.25, 0.3) is 16.6 Å². The lowest BCUT2D eigenvalue weighted by Crippen LogP contribution is -2.23. The Hall–Kier alpha value is -4.96. The molecule has 0 unspecified atom stereocenters. The number of anilines is 2. The topological polar surface area (TPSA) is 102 Å². The zero-order chi connectivity index (χ0) is 28.1. The van der Waals surface area contributed by atoms with Gasteiger partial charge in [-0.1, -0.05) is 36.0 Å². The van der Waals surface area contributed by atoms with Gasteiger partial charge >= 0.3 is 0 Å². The number of aromatic nitrogens is 2. The molecule has 0 aliphatic rings. The maximum absolute atomic E-state index is 14.7. The first-order chi connectivity index (χ1) is 19.4. The molecule has 0 radical (unpaired) electrons. The quantitative estimate of drug-likeness (QED) is 0.194. The number of fused-ring (bicyclic) bond motifs is 1. The van der Waals surface area contributed by atoms with Gasteiger partial charge < -0.3 is 15.4 Å². The van der Waals surface area contributed by atoms with Crippen LogP contribution in [-0.2, 0) is 4.79 Å². The van der Waals surface area contributed by atoms with E-state index in [0.29, 0.717) is 33.6 Å². The fraction of sp³-hybridized carbons (Fsp3) is 0.0667. The van der Waals surface area contributed by atoms with Gasteiger partial charge in [-0.3, -0.25) is 19.0 Å². The van der Waals surface area contributed by atoms with E-state index < -0.39 is 11.4 Å². The minimum Gasteiger partial charge on any atom is -0.497 e. The molecular formula is C30H23FN4O4S. The number of amides is 2. The number of hydrogen-bond acceptors (Lipinski definition) is 6. The summed E-state index contributed by atoms with van der Waals surface area (Å²) < 4.78 is 21.0. The number of nitrogens with zero attached hydrogens (tertiary/aromatic N) is 2. The average Bonchev–Trinajstić information content (AvgIpc) is 2.97. The molecule has 2 N–H and O–H groups in total. The Morgan fingerprint density at radius 2 is 1.52 bits per heavy atom. The largest absolute Gasteiger partial charge is 0.497 e. The maximum atomic E-state index is 14.7. The molecule has 1 heterocycles. The zero-order valence-corrected chi connectivity index (χ0v) is 22.1. The van der Waals surface area contributed by atoms with Crippen LogP contribution in [0.15, 0.2) is 107 Å². The van der Waals surface area contributed by atoms with E-state index in [9.17, 15) is 18.8 Å². The van der Waals surface area contributed by atoms with Gasteiger partial charge in [0.15, 0.2) is 5.16 Å². The molecule has 0 saturated carbocycles. The lowest BCUT2D eigenvalue weighted by atomic mass is 10.2. The van der Waals surface area contributed by atoms with Crippen LogP contribution in [0.1, 0.15) is 10.4 Å². The van der Waals surface area contributed by atoms with E-state index in [1.165, 1.54) is 22.8 Å². The van der Waals surface area contributed by atoms with Crippen LogP contribution in [0.4, 0.5) is 15.8 Å². The molecule has 40 heavy (non-hydrogen) atoms. The second-order valence-electron chi connectivity index (χ2n) is 8.60. The summed E-state index contributed by atoms with van der Waals surface area (Å²) in [5.74, 6) is -0.638. The molecule has 10 heteroatoms. The Kier molecular flexibility index (Phi) is 7.88. The third-order valence-corrected chi connectivity index (χ3v) is 6.89. The maximum Gasteiger partial charge on any atom is 0.266 e. The van der Waals surface area contributed by atoms with E-state index in [4.69, 9.17) is 4.74 Å². The van der Waals surface area contributed by atoms with Gasteiger partial charge in [-0.2, -0.15) is 0 Å². The second-order valence-corrected chi connectivity index (χ2v) is 9.54. The summed E-state index contributed by atoms with van der Waals surface area (Å²) in [6, 6.07) is 26.1. The number of carbonyl (C=O) groups is 2. The van der Waals surface area contributed by atoms with E-state index in [2.05, 4.69) is 15.6 Å². The predicted octanol–water partition coefficient (Wildman–Crippen LogP) is 5.52. The summed E-state index contributed by atoms with van der Waals surface area (Å²) in [6.07, 6.45) is 0. The molecule has 0 bridgehead atoms. The summed E-state index contributed by atoms with van der Waals surface area (Å²) >= 11 is 1.02. The van der Waals surface area contributed by atoms with Crippen LogP contribution in [0.2, 0.25) is 0 Å². The molecule has 0 atom stereocenters. The van der Waals surface area contributed by atoms with Gasteiger partial charge in [-0.05, 0) is 72.8 Å². The van der Waals surface area contributed by atoms with Crippen LogP contribution in [-0.4, -0.2) is 34.2 Å². The number of hydrogen-bond donors (Lipinski definition) is 2. The number of ether oxygens (including phenoxy) is 1. The molecule has 5 aromatic rings. The minimum atomic E-state index is -0.580. The van der Waals surface area contributed by atoms with Gasteiger partial charge in [0, 0.05) is 16.9 Å². The van der Waals surface area contributed by atoms with Gasteiger partial charge in [-0.15, -0.1) is 0 Å². The molecule has 0 fully saturated rings. The SMILES string of the molecule is COc1ccc(NC(=O)c2ccc(NC(=O)CSc3nc4ccccc4c(=O)n3-c3ccccc3F)cc2)cc1.